The van der Waals surface area contributed by atoms with Gasteiger partial charge in [0.05, 0.1) is 18.0 Å². The van der Waals surface area contributed by atoms with Gasteiger partial charge in [0.25, 0.3) is 0 Å². The van der Waals surface area contributed by atoms with Crippen LogP contribution < -0.4 is 10.5 Å². The van der Waals surface area contributed by atoms with Crippen LogP contribution in [0.25, 0.3) is 11.3 Å². The van der Waals surface area contributed by atoms with Gasteiger partial charge in [-0.2, -0.15) is 5.10 Å². The van der Waals surface area contributed by atoms with E-state index in [4.69, 9.17) is 10.5 Å². The number of aryl methyl sites for hydroxylation is 1. The summed E-state index contributed by atoms with van der Waals surface area (Å²) in [7, 11) is 1.90. The van der Waals surface area contributed by atoms with Gasteiger partial charge >= 0.3 is 0 Å². The molecule has 1 aromatic heterocycles. The molecular weight excluding hydrogens is 214 g/mol. The van der Waals surface area contributed by atoms with E-state index in [1.54, 1.807) is 0 Å². The Kier molecular flexibility index (Phi) is 3.44. The zero-order valence-corrected chi connectivity index (χ0v) is 10.2. The Bertz CT molecular complexity index is 488. The number of hydrogen-bond donors (Lipinski definition) is 1. The minimum Gasteiger partial charge on any atom is -0.494 e. The van der Waals surface area contributed by atoms with Crippen molar-refractivity contribution in [1.82, 2.24) is 9.78 Å². The van der Waals surface area contributed by atoms with Crippen LogP contribution in [0.4, 0.5) is 0 Å². The normalized spacial score (nSPS) is 10.5. The van der Waals surface area contributed by atoms with Crippen LogP contribution in [0.15, 0.2) is 30.3 Å². The predicted octanol–water partition coefficient (Wildman–Crippen LogP) is 1.94. The number of hydrogen-bond acceptors (Lipinski definition) is 3. The number of rotatable bonds is 4. The molecule has 90 valence electrons. The Morgan fingerprint density at radius 1 is 1.29 bits per heavy atom. The molecule has 0 radical (unpaired) electrons. The van der Waals surface area contributed by atoms with E-state index in [0.717, 1.165) is 22.7 Å². The van der Waals surface area contributed by atoms with E-state index in [2.05, 4.69) is 5.10 Å². The minimum atomic E-state index is 0.501. The van der Waals surface area contributed by atoms with Gasteiger partial charge in [0.1, 0.15) is 5.75 Å². The molecule has 0 aliphatic heterocycles. The predicted molar refractivity (Wildman–Crippen MR) is 67.7 cm³/mol. The lowest BCUT2D eigenvalue weighted by molar-refractivity contribution is 0.340. The van der Waals surface area contributed by atoms with E-state index < -0.39 is 0 Å². The fourth-order valence-corrected chi connectivity index (χ4v) is 1.73. The number of benzene rings is 1. The summed E-state index contributed by atoms with van der Waals surface area (Å²) in [5.41, 5.74) is 8.66. The SMILES string of the molecule is CCOc1ccc(-c2cc(CN)n(C)n2)cc1. The lowest BCUT2D eigenvalue weighted by Crippen LogP contribution is -2.03. The van der Waals surface area contributed by atoms with Gasteiger partial charge in [-0.1, -0.05) is 0 Å². The number of aromatic nitrogens is 2. The molecule has 2 N–H and O–H groups in total. The van der Waals surface area contributed by atoms with Crippen LogP contribution in [0, 0.1) is 0 Å². The maximum atomic E-state index is 5.62. The molecule has 0 unspecified atom stereocenters. The summed E-state index contributed by atoms with van der Waals surface area (Å²) in [5, 5.41) is 4.42. The topological polar surface area (TPSA) is 53.1 Å². The highest BCUT2D eigenvalue weighted by molar-refractivity contribution is 5.60. The standard InChI is InChI=1S/C13H17N3O/c1-3-17-12-6-4-10(5-7-12)13-8-11(9-14)16(2)15-13/h4-8H,3,9,14H2,1-2H3. The molecule has 0 atom stereocenters. The molecule has 1 aromatic carbocycles. The second kappa shape index (κ2) is 5.01. The van der Waals surface area contributed by atoms with Crippen molar-refractivity contribution in [1.29, 1.82) is 0 Å². The summed E-state index contributed by atoms with van der Waals surface area (Å²) in [6, 6.07) is 9.93. The summed E-state index contributed by atoms with van der Waals surface area (Å²) in [6.07, 6.45) is 0. The second-order valence-corrected chi connectivity index (χ2v) is 3.81. The Morgan fingerprint density at radius 3 is 2.53 bits per heavy atom. The van der Waals surface area contributed by atoms with Gasteiger partial charge in [0, 0.05) is 19.2 Å². The van der Waals surface area contributed by atoms with E-state index in [9.17, 15) is 0 Å². The van der Waals surface area contributed by atoms with Crippen molar-refractivity contribution in [2.24, 2.45) is 12.8 Å². The van der Waals surface area contributed by atoms with Crippen molar-refractivity contribution >= 4 is 0 Å². The van der Waals surface area contributed by atoms with Crippen molar-refractivity contribution in [2.45, 2.75) is 13.5 Å². The van der Waals surface area contributed by atoms with Crippen LogP contribution in [0.2, 0.25) is 0 Å². The first-order chi connectivity index (χ1) is 8.24. The second-order valence-electron chi connectivity index (χ2n) is 3.81. The molecule has 17 heavy (non-hydrogen) atoms. The van der Waals surface area contributed by atoms with Gasteiger partial charge in [-0.05, 0) is 37.3 Å². The van der Waals surface area contributed by atoms with Gasteiger partial charge in [-0.3, -0.25) is 4.68 Å². The largest absolute Gasteiger partial charge is 0.494 e. The highest BCUT2D eigenvalue weighted by Gasteiger charge is 2.05. The number of nitrogens with zero attached hydrogens (tertiary/aromatic N) is 2. The Hall–Kier alpha value is -1.81. The summed E-state index contributed by atoms with van der Waals surface area (Å²) < 4.78 is 7.21. The zero-order valence-electron chi connectivity index (χ0n) is 10.2. The van der Waals surface area contributed by atoms with Crippen molar-refractivity contribution in [3.63, 3.8) is 0 Å². The average molecular weight is 231 g/mol. The Morgan fingerprint density at radius 2 is 2.00 bits per heavy atom. The molecule has 4 nitrogen and oxygen atoms in total. The van der Waals surface area contributed by atoms with E-state index in [0.29, 0.717) is 13.2 Å². The van der Waals surface area contributed by atoms with Crippen LogP contribution in [-0.2, 0) is 13.6 Å². The first-order valence-electron chi connectivity index (χ1n) is 5.70. The molecule has 0 amide bonds. The average Bonchev–Trinajstić information content (AvgIpc) is 2.72. The number of ether oxygens (including phenoxy) is 1. The van der Waals surface area contributed by atoms with Crippen molar-refractivity contribution in [3.8, 4) is 17.0 Å². The molecule has 0 aliphatic carbocycles. The first-order valence-corrected chi connectivity index (χ1v) is 5.70. The smallest absolute Gasteiger partial charge is 0.119 e. The quantitative estimate of drug-likeness (QED) is 0.875. The number of nitrogens with two attached hydrogens (primary N) is 1. The lowest BCUT2D eigenvalue weighted by atomic mass is 10.1. The Labute approximate surface area is 101 Å². The van der Waals surface area contributed by atoms with Crippen molar-refractivity contribution < 1.29 is 4.74 Å². The van der Waals surface area contributed by atoms with Gasteiger partial charge in [0.15, 0.2) is 0 Å². The Balaban J connectivity index is 2.26. The monoisotopic (exact) mass is 231 g/mol. The van der Waals surface area contributed by atoms with Gasteiger partial charge < -0.3 is 10.5 Å². The van der Waals surface area contributed by atoms with Crippen LogP contribution >= 0.6 is 0 Å². The van der Waals surface area contributed by atoms with Gasteiger partial charge in [-0.25, -0.2) is 0 Å². The molecule has 1 heterocycles. The lowest BCUT2D eigenvalue weighted by Gasteiger charge is -2.02. The van der Waals surface area contributed by atoms with Crippen molar-refractivity contribution in [3.05, 3.63) is 36.0 Å². The van der Waals surface area contributed by atoms with Crippen LogP contribution in [0.1, 0.15) is 12.6 Å². The first kappa shape index (κ1) is 11.7. The van der Waals surface area contributed by atoms with Crippen molar-refractivity contribution in [2.75, 3.05) is 6.61 Å². The molecule has 4 heteroatoms. The summed E-state index contributed by atoms with van der Waals surface area (Å²) in [6.45, 7) is 3.15. The highest BCUT2D eigenvalue weighted by Crippen LogP contribution is 2.21. The third-order valence-electron chi connectivity index (χ3n) is 2.65. The van der Waals surface area contributed by atoms with Gasteiger partial charge in [-0.15, -0.1) is 0 Å². The zero-order chi connectivity index (χ0) is 12.3. The highest BCUT2D eigenvalue weighted by atomic mass is 16.5. The minimum absolute atomic E-state index is 0.501. The van der Waals surface area contributed by atoms with Crippen LogP contribution in [0.5, 0.6) is 5.75 Å². The molecule has 0 bridgehead atoms. The van der Waals surface area contributed by atoms with E-state index >= 15 is 0 Å². The molecule has 0 fully saturated rings. The fraction of sp³-hybridized carbons (Fsp3) is 0.308. The maximum absolute atomic E-state index is 5.62. The molecule has 0 saturated heterocycles. The molecule has 2 aromatic rings. The summed E-state index contributed by atoms with van der Waals surface area (Å²) in [4.78, 5) is 0. The van der Waals surface area contributed by atoms with Gasteiger partial charge in [0.2, 0.25) is 0 Å². The molecule has 0 saturated carbocycles. The molecule has 0 spiro atoms. The molecular formula is C13H17N3O. The summed E-state index contributed by atoms with van der Waals surface area (Å²) in [5.74, 6) is 0.881. The van der Waals surface area contributed by atoms with E-state index in [-0.39, 0.29) is 0 Å². The third kappa shape index (κ3) is 2.47. The van der Waals surface area contributed by atoms with Crippen LogP contribution in [0.3, 0.4) is 0 Å². The van der Waals surface area contributed by atoms with E-state index in [1.165, 1.54) is 0 Å². The third-order valence-corrected chi connectivity index (χ3v) is 2.65. The van der Waals surface area contributed by atoms with Crippen LogP contribution in [-0.4, -0.2) is 16.4 Å². The maximum Gasteiger partial charge on any atom is 0.119 e. The molecule has 0 aliphatic rings. The fourth-order valence-electron chi connectivity index (χ4n) is 1.73. The summed E-state index contributed by atoms with van der Waals surface area (Å²) >= 11 is 0. The molecule has 2 rings (SSSR count). The van der Waals surface area contributed by atoms with E-state index in [1.807, 2.05) is 49.0 Å².